The number of aliphatic imine (C=N–C) groups is 1. The molecule has 6 amide bonds. The van der Waals surface area contributed by atoms with Crippen LogP contribution in [0.4, 0.5) is 26.7 Å². The summed E-state index contributed by atoms with van der Waals surface area (Å²) in [4.78, 5) is 89.6. The molecule has 2 aliphatic heterocycles. The van der Waals surface area contributed by atoms with Gasteiger partial charge in [0.15, 0.2) is 5.78 Å². The van der Waals surface area contributed by atoms with Crippen molar-refractivity contribution in [3.05, 3.63) is 88.2 Å². The number of ketones is 1. The first-order chi connectivity index (χ1) is 30.1. The number of pyridine rings is 1. The molecule has 0 saturated heterocycles. The van der Waals surface area contributed by atoms with Crippen LogP contribution in [-0.4, -0.2) is 88.5 Å². The standard InChI is InChI=1S/C46H60N10O7/c1-5-17-55(18-6-2)44(60)33-20-30-11-12-32(22-38(30)54-40(47)24-33)43(59)53-36-21-34-26-56(19-15-37(34)51-25-36)46(62)63-27-29-9-13-35(14-10-29)52-42(58)31(8-7-16-50-45(49)61)23-39(57)41(48)28(3)4/h9-14,20-22,25,28,31,41H,5-8,15-19,23-24,26-27,48H2,1-4H3,(H2,47,54)(H,52,58)(H,53,59)(H3,49,50,61)/t31-,41+/m1/s1. The third-order valence-corrected chi connectivity index (χ3v) is 10.9. The van der Waals surface area contributed by atoms with Crippen LogP contribution in [0.1, 0.15) is 99.0 Å². The molecule has 17 nitrogen and oxygen atoms in total. The number of hydrogen-bond acceptors (Lipinski definition) is 11. The van der Waals surface area contributed by atoms with Crippen molar-refractivity contribution in [3.8, 4) is 0 Å². The molecule has 5 rings (SSSR count). The maximum absolute atomic E-state index is 13.5. The third kappa shape index (κ3) is 13.4. The van der Waals surface area contributed by atoms with Crippen LogP contribution in [0.15, 0.2) is 65.3 Å². The van der Waals surface area contributed by atoms with Gasteiger partial charge in [-0.1, -0.05) is 45.9 Å². The predicted molar refractivity (Wildman–Crippen MR) is 242 cm³/mol. The molecule has 17 heteroatoms. The van der Waals surface area contributed by atoms with Gasteiger partial charge in [-0.05, 0) is 79.1 Å². The number of carbonyl (C=O) groups excluding carboxylic acids is 6. The van der Waals surface area contributed by atoms with Gasteiger partial charge in [0.25, 0.3) is 5.91 Å². The molecule has 0 saturated carbocycles. The Morgan fingerprint density at radius 2 is 1.68 bits per heavy atom. The number of hydrogen-bond donors (Lipinski definition) is 6. The molecule has 336 valence electrons. The average Bonchev–Trinajstić information content (AvgIpc) is 3.43. The van der Waals surface area contributed by atoms with E-state index < -0.39 is 24.1 Å². The Kier molecular flexibility index (Phi) is 16.9. The second-order valence-electron chi connectivity index (χ2n) is 16.3. The van der Waals surface area contributed by atoms with Gasteiger partial charge >= 0.3 is 12.1 Å². The number of amides is 6. The molecule has 0 aliphatic carbocycles. The molecule has 2 aliphatic rings. The highest BCUT2D eigenvalue weighted by Gasteiger charge is 2.27. The van der Waals surface area contributed by atoms with E-state index in [0.29, 0.717) is 78.2 Å². The number of primary amides is 1. The van der Waals surface area contributed by atoms with Crippen LogP contribution >= 0.6 is 0 Å². The fourth-order valence-corrected chi connectivity index (χ4v) is 7.38. The van der Waals surface area contributed by atoms with Gasteiger partial charge in [0.1, 0.15) is 12.4 Å². The van der Waals surface area contributed by atoms with Gasteiger partial charge < -0.3 is 47.7 Å². The monoisotopic (exact) mass is 864 g/mol. The highest BCUT2D eigenvalue weighted by molar-refractivity contribution is 6.08. The maximum Gasteiger partial charge on any atom is 0.410 e. The molecule has 2 aromatic carbocycles. The van der Waals surface area contributed by atoms with Crippen molar-refractivity contribution in [2.24, 2.45) is 34.0 Å². The topological polar surface area (TPSA) is 258 Å². The molecule has 0 unspecified atom stereocenters. The first kappa shape index (κ1) is 47.4. The van der Waals surface area contributed by atoms with Gasteiger partial charge in [-0.2, -0.15) is 0 Å². The Bertz CT molecular complexity index is 2220. The number of nitrogens with zero attached hydrogens (tertiary/aromatic N) is 4. The lowest BCUT2D eigenvalue weighted by atomic mass is 9.90. The summed E-state index contributed by atoms with van der Waals surface area (Å²) in [6.45, 7) is 9.95. The highest BCUT2D eigenvalue weighted by atomic mass is 16.6. The van der Waals surface area contributed by atoms with E-state index in [1.807, 2.05) is 32.6 Å². The van der Waals surface area contributed by atoms with Crippen molar-refractivity contribution >= 4 is 64.6 Å². The van der Waals surface area contributed by atoms with Crippen LogP contribution in [0.5, 0.6) is 0 Å². The lowest BCUT2D eigenvalue weighted by Gasteiger charge is -2.28. The van der Waals surface area contributed by atoms with Crippen molar-refractivity contribution in [2.75, 3.05) is 36.8 Å². The van der Waals surface area contributed by atoms with E-state index >= 15 is 0 Å². The molecule has 0 bridgehead atoms. The van der Waals surface area contributed by atoms with Crippen LogP contribution in [0.2, 0.25) is 0 Å². The Labute approximate surface area is 368 Å². The van der Waals surface area contributed by atoms with Crippen molar-refractivity contribution in [3.63, 3.8) is 0 Å². The molecule has 1 aromatic heterocycles. The minimum atomic E-state index is -0.692. The van der Waals surface area contributed by atoms with E-state index in [4.69, 9.17) is 21.9 Å². The van der Waals surface area contributed by atoms with Gasteiger partial charge in [0.05, 0.1) is 30.2 Å². The SMILES string of the molecule is CCCN(CCC)C(=O)C1=Cc2ccc(C(=O)Nc3cnc4c(c3)CN(C(=O)OCc3ccc(NC(=O)[C@H](CCCNC(N)=O)CC(=O)[C@@H](N)C(C)C)cc3)CC4)cc2N=C(N)C1. The average molecular weight is 865 g/mol. The molecule has 0 radical (unpaired) electrons. The third-order valence-electron chi connectivity index (χ3n) is 10.9. The Morgan fingerprint density at radius 3 is 2.37 bits per heavy atom. The van der Waals surface area contributed by atoms with Crippen LogP contribution in [-0.2, 0) is 38.7 Å². The van der Waals surface area contributed by atoms with Crippen LogP contribution in [0.3, 0.4) is 0 Å². The summed E-state index contributed by atoms with van der Waals surface area (Å²) in [5.41, 5.74) is 22.8. The Hall–Kier alpha value is -6.62. The molecule has 3 aromatic rings. The normalized spacial score (nSPS) is 14.2. The highest BCUT2D eigenvalue weighted by Crippen LogP contribution is 2.29. The molecule has 0 spiro atoms. The number of ether oxygens (including phenoxy) is 1. The number of aromatic nitrogens is 1. The van der Waals surface area contributed by atoms with E-state index in [1.165, 1.54) is 0 Å². The number of anilines is 2. The molecule has 9 N–H and O–H groups in total. The number of amidine groups is 1. The van der Waals surface area contributed by atoms with Gasteiger partial charge in [-0.15, -0.1) is 0 Å². The minimum Gasteiger partial charge on any atom is -0.445 e. The van der Waals surface area contributed by atoms with Crippen molar-refractivity contribution in [1.29, 1.82) is 0 Å². The Morgan fingerprint density at radius 1 is 0.952 bits per heavy atom. The van der Waals surface area contributed by atoms with E-state index in [9.17, 15) is 28.8 Å². The summed E-state index contributed by atoms with van der Waals surface area (Å²) < 4.78 is 5.64. The van der Waals surface area contributed by atoms with Crippen molar-refractivity contribution in [2.45, 2.75) is 91.8 Å². The minimum absolute atomic E-state index is 0.0120. The largest absolute Gasteiger partial charge is 0.445 e. The number of carbonyl (C=O) groups is 6. The summed E-state index contributed by atoms with van der Waals surface area (Å²) in [6.07, 6.45) is 6.02. The first-order valence-corrected chi connectivity index (χ1v) is 21.5. The first-order valence-electron chi connectivity index (χ1n) is 21.5. The predicted octanol–water partition coefficient (Wildman–Crippen LogP) is 5.40. The molecule has 0 fully saturated rings. The summed E-state index contributed by atoms with van der Waals surface area (Å²) in [5.74, 6) is -1.47. The summed E-state index contributed by atoms with van der Waals surface area (Å²) in [5, 5.41) is 8.25. The fourth-order valence-electron chi connectivity index (χ4n) is 7.38. The zero-order valence-electron chi connectivity index (χ0n) is 36.6. The van der Waals surface area contributed by atoms with Crippen molar-refractivity contribution < 1.29 is 33.5 Å². The fraction of sp³-hybridized carbons (Fsp3) is 0.435. The van der Waals surface area contributed by atoms with Crippen LogP contribution in [0.25, 0.3) is 6.08 Å². The number of fused-ring (bicyclic) bond motifs is 2. The molecule has 2 atom stereocenters. The summed E-state index contributed by atoms with van der Waals surface area (Å²) >= 11 is 0. The molecular weight excluding hydrogens is 805 g/mol. The molecule has 3 heterocycles. The number of nitrogens with one attached hydrogen (secondary N) is 3. The number of Topliss-reactive ketones (excluding diaryl/α,β-unsaturated/α-hetero) is 1. The molecule has 63 heavy (non-hydrogen) atoms. The second kappa shape index (κ2) is 22.5. The van der Waals surface area contributed by atoms with E-state index in [-0.39, 0.29) is 67.8 Å². The Balaban J connectivity index is 1.15. The lowest BCUT2D eigenvalue weighted by molar-refractivity contribution is -0.127. The lowest BCUT2D eigenvalue weighted by Crippen LogP contribution is -2.38. The van der Waals surface area contributed by atoms with Gasteiger partial charge in [0, 0.05) is 79.4 Å². The maximum atomic E-state index is 13.5. The van der Waals surface area contributed by atoms with Crippen molar-refractivity contribution in [1.82, 2.24) is 20.1 Å². The summed E-state index contributed by atoms with van der Waals surface area (Å²) in [6, 6.07) is 12.4. The van der Waals surface area contributed by atoms with E-state index in [1.54, 1.807) is 65.7 Å². The molecular formula is C46H60N10O7. The number of benzene rings is 2. The number of urea groups is 1. The number of nitrogens with two attached hydrogens (primary N) is 3. The smallest absolute Gasteiger partial charge is 0.410 e. The number of rotatable bonds is 19. The zero-order chi connectivity index (χ0) is 45.6. The van der Waals surface area contributed by atoms with E-state index in [0.717, 1.165) is 24.1 Å². The van der Waals surface area contributed by atoms with Gasteiger partial charge in [-0.3, -0.25) is 24.2 Å². The van der Waals surface area contributed by atoms with Crippen LogP contribution < -0.4 is 33.2 Å². The zero-order valence-corrected chi connectivity index (χ0v) is 36.6. The van der Waals surface area contributed by atoms with Crippen LogP contribution in [0, 0.1) is 11.8 Å². The van der Waals surface area contributed by atoms with Gasteiger partial charge in [-0.25, -0.2) is 14.6 Å². The second-order valence-corrected chi connectivity index (χ2v) is 16.3. The van der Waals surface area contributed by atoms with E-state index in [2.05, 4.69) is 25.9 Å². The summed E-state index contributed by atoms with van der Waals surface area (Å²) in [7, 11) is 0. The van der Waals surface area contributed by atoms with Gasteiger partial charge in [0.2, 0.25) is 11.8 Å². The quantitative estimate of drug-likeness (QED) is 0.0837.